The number of Topliss-reactive ketones (excluding diaryl/α,β-unsaturated/α-hetero) is 1. The Kier molecular flexibility index (Phi) is 7.96. The number of anilines is 1. The van der Waals surface area contributed by atoms with Crippen LogP contribution >= 0.6 is 0 Å². The van der Waals surface area contributed by atoms with Gasteiger partial charge in [0.2, 0.25) is 5.91 Å². The number of ketones is 1. The zero-order valence-corrected chi connectivity index (χ0v) is 29.3. The van der Waals surface area contributed by atoms with Crippen molar-refractivity contribution in [1.82, 2.24) is 0 Å². The minimum absolute atomic E-state index is 0.00416. The van der Waals surface area contributed by atoms with Crippen molar-refractivity contribution in [3.05, 3.63) is 41.0 Å². The number of benzene rings is 1. The van der Waals surface area contributed by atoms with E-state index in [0.717, 1.165) is 62.2 Å². The lowest BCUT2D eigenvalue weighted by Gasteiger charge is -2.72. The molecule has 1 N–H and O–H groups in total. The molecular formula is C39H52F3NO4. The van der Waals surface area contributed by atoms with Gasteiger partial charge in [0.05, 0.1) is 16.7 Å². The highest BCUT2D eigenvalue weighted by Gasteiger charge is 2.71. The molecule has 47 heavy (non-hydrogen) atoms. The van der Waals surface area contributed by atoms with Gasteiger partial charge in [-0.15, -0.1) is 0 Å². The number of amides is 1. The minimum Gasteiger partial charge on any atom is -0.462 e. The van der Waals surface area contributed by atoms with E-state index in [-0.39, 0.29) is 63.5 Å². The summed E-state index contributed by atoms with van der Waals surface area (Å²) in [7, 11) is 0. The van der Waals surface area contributed by atoms with Gasteiger partial charge in [0, 0.05) is 18.8 Å². The van der Waals surface area contributed by atoms with Crippen LogP contribution in [0.1, 0.15) is 119 Å². The number of alkyl halides is 3. The molecule has 258 valence electrons. The van der Waals surface area contributed by atoms with E-state index in [1.807, 2.05) is 13.8 Å². The average molecular weight is 656 g/mol. The zero-order valence-electron chi connectivity index (χ0n) is 29.3. The Balaban J connectivity index is 1.39. The van der Waals surface area contributed by atoms with E-state index in [0.29, 0.717) is 18.3 Å². The lowest BCUT2D eigenvalue weighted by molar-refractivity contribution is -0.232. The molecule has 0 bridgehead atoms. The molecule has 5 aliphatic rings. The molecule has 0 spiro atoms. The Labute approximate surface area is 277 Å². The van der Waals surface area contributed by atoms with Gasteiger partial charge in [0.1, 0.15) is 6.10 Å². The number of esters is 1. The summed E-state index contributed by atoms with van der Waals surface area (Å²) in [6, 6.07) is 5.11. The molecule has 0 radical (unpaired) electrons. The van der Waals surface area contributed by atoms with Gasteiger partial charge in [0.25, 0.3) is 0 Å². The number of hydrogen-bond donors (Lipinski definition) is 1. The second kappa shape index (κ2) is 10.9. The molecule has 5 aliphatic carbocycles. The summed E-state index contributed by atoms with van der Waals surface area (Å²) < 4.78 is 47.7. The van der Waals surface area contributed by atoms with E-state index in [9.17, 15) is 27.6 Å². The lowest BCUT2D eigenvalue weighted by atomic mass is 9.33. The maximum absolute atomic E-state index is 14.4. The van der Waals surface area contributed by atoms with Crippen molar-refractivity contribution in [2.75, 3.05) is 5.32 Å². The topological polar surface area (TPSA) is 72.5 Å². The second-order valence-electron chi connectivity index (χ2n) is 17.2. The fraction of sp³-hybridized carbons (Fsp3) is 0.718. The summed E-state index contributed by atoms with van der Waals surface area (Å²) in [6.45, 7) is 17.3. The van der Waals surface area contributed by atoms with Crippen molar-refractivity contribution in [2.45, 2.75) is 125 Å². The minimum atomic E-state index is -4.62. The lowest BCUT2D eigenvalue weighted by Crippen LogP contribution is -2.66. The highest BCUT2D eigenvalue weighted by molar-refractivity contribution is 6.10. The third-order valence-corrected chi connectivity index (χ3v) is 14.6. The van der Waals surface area contributed by atoms with Crippen molar-refractivity contribution in [2.24, 2.45) is 50.7 Å². The number of para-hydroxylation sites is 1. The summed E-state index contributed by atoms with van der Waals surface area (Å²) in [4.78, 5) is 40.3. The summed E-state index contributed by atoms with van der Waals surface area (Å²) >= 11 is 0. The number of carbonyl (C=O) groups excluding carboxylic acids is 3. The molecule has 6 rings (SSSR count). The highest BCUT2D eigenvalue weighted by atomic mass is 19.4. The van der Waals surface area contributed by atoms with Crippen molar-refractivity contribution >= 4 is 23.3 Å². The zero-order chi connectivity index (χ0) is 34.5. The predicted molar refractivity (Wildman–Crippen MR) is 175 cm³/mol. The molecule has 8 heteroatoms. The number of allylic oxidation sites excluding steroid dienone is 1. The normalized spacial score (nSPS) is 39.4. The van der Waals surface area contributed by atoms with E-state index in [1.54, 1.807) is 0 Å². The molecule has 0 unspecified atom stereocenters. The van der Waals surface area contributed by atoms with Crippen LogP contribution in [0.3, 0.4) is 0 Å². The van der Waals surface area contributed by atoms with Crippen LogP contribution in [0.4, 0.5) is 18.9 Å². The summed E-state index contributed by atoms with van der Waals surface area (Å²) in [5, 5.41) is 2.69. The van der Waals surface area contributed by atoms with E-state index in [2.05, 4.69) is 39.9 Å². The number of hydrogen-bond acceptors (Lipinski definition) is 4. The van der Waals surface area contributed by atoms with Crippen LogP contribution in [0.2, 0.25) is 0 Å². The number of carbonyl (C=O) groups is 3. The van der Waals surface area contributed by atoms with Crippen LogP contribution in [0.25, 0.3) is 0 Å². The van der Waals surface area contributed by atoms with Crippen molar-refractivity contribution in [3.8, 4) is 0 Å². The molecule has 0 aliphatic heterocycles. The summed E-state index contributed by atoms with van der Waals surface area (Å²) in [5.41, 5.74) is -0.991. The Morgan fingerprint density at radius 2 is 1.57 bits per heavy atom. The Morgan fingerprint density at radius 1 is 0.894 bits per heavy atom. The van der Waals surface area contributed by atoms with Crippen molar-refractivity contribution < 1.29 is 32.3 Å². The van der Waals surface area contributed by atoms with Gasteiger partial charge in [-0.1, -0.05) is 60.6 Å². The smallest absolute Gasteiger partial charge is 0.418 e. The van der Waals surface area contributed by atoms with Crippen LogP contribution in [0, 0.1) is 50.7 Å². The third kappa shape index (κ3) is 4.80. The van der Waals surface area contributed by atoms with Gasteiger partial charge in [-0.2, -0.15) is 13.2 Å². The van der Waals surface area contributed by atoms with Gasteiger partial charge < -0.3 is 10.1 Å². The number of ether oxygens (including phenoxy) is 1. The van der Waals surface area contributed by atoms with Crippen LogP contribution in [-0.2, 0) is 25.3 Å². The largest absolute Gasteiger partial charge is 0.462 e. The number of fused-ring (bicyclic) bond motifs is 7. The quantitative estimate of drug-likeness (QED) is 0.328. The summed E-state index contributed by atoms with van der Waals surface area (Å²) in [6.07, 6.45) is 2.16. The molecule has 0 aromatic heterocycles. The van der Waals surface area contributed by atoms with Gasteiger partial charge in [-0.3, -0.25) is 14.4 Å². The molecule has 5 nitrogen and oxygen atoms in total. The molecule has 0 saturated heterocycles. The van der Waals surface area contributed by atoms with Crippen LogP contribution < -0.4 is 5.32 Å². The molecule has 1 aromatic rings. The Hall–Kier alpha value is -2.64. The highest BCUT2D eigenvalue weighted by Crippen LogP contribution is 2.76. The first-order valence-electron chi connectivity index (χ1n) is 17.7. The van der Waals surface area contributed by atoms with Crippen molar-refractivity contribution in [3.63, 3.8) is 0 Å². The molecular weight excluding hydrogens is 603 g/mol. The molecule has 4 fully saturated rings. The monoisotopic (exact) mass is 655 g/mol. The van der Waals surface area contributed by atoms with E-state index in [1.165, 1.54) is 25.1 Å². The second-order valence-corrected chi connectivity index (χ2v) is 17.2. The molecule has 1 amide bonds. The first-order chi connectivity index (χ1) is 21.7. The van der Waals surface area contributed by atoms with Crippen molar-refractivity contribution in [1.29, 1.82) is 0 Å². The van der Waals surface area contributed by atoms with Gasteiger partial charge in [-0.25, -0.2) is 0 Å². The Bertz CT molecular complexity index is 1530. The maximum atomic E-state index is 14.4. The Morgan fingerprint density at radius 3 is 2.21 bits per heavy atom. The first-order valence-corrected chi connectivity index (χ1v) is 17.7. The number of halogens is 3. The van der Waals surface area contributed by atoms with E-state index < -0.39 is 23.1 Å². The van der Waals surface area contributed by atoms with Gasteiger partial charge >= 0.3 is 12.1 Å². The van der Waals surface area contributed by atoms with Crippen LogP contribution in [0.15, 0.2) is 35.4 Å². The van der Waals surface area contributed by atoms with Gasteiger partial charge in [-0.05, 0) is 115 Å². The SMILES string of the molecule is CC(=O)O[C@H]1CC[C@]2(C)[C@H]3CC[C@@H]4C5=C(C(C)C)C(=O)C[C@]5(C(=O)Nc5ccccc5C(F)(F)F)CC[C@@]4(C)[C@]3(C)CC[C@H]2C1(C)C. The van der Waals surface area contributed by atoms with Crippen LogP contribution in [-0.4, -0.2) is 23.8 Å². The first kappa shape index (κ1) is 34.2. The third-order valence-electron chi connectivity index (χ3n) is 14.6. The maximum Gasteiger partial charge on any atom is 0.418 e. The number of rotatable bonds is 4. The fourth-order valence-corrected chi connectivity index (χ4v) is 12.4. The predicted octanol–water partition coefficient (Wildman–Crippen LogP) is 9.56. The molecule has 0 heterocycles. The fourth-order valence-electron chi connectivity index (χ4n) is 12.4. The number of nitrogens with one attached hydrogen (secondary N) is 1. The summed E-state index contributed by atoms with van der Waals surface area (Å²) in [5.74, 6) is -0.0172. The molecule has 4 saturated carbocycles. The van der Waals surface area contributed by atoms with Gasteiger partial charge in [0.15, 0.2) is 5.78 Å². The standard InChI is InChI=1S/C39H52F3NO4/c1-22(2)31-27(45)21-38(33(46)43-26-12-10-9-11-24(26)39(40,41)42)20-19-36(7)25(32(31)38)13-14-29-35(6)17-16-30(47-23(3)44)34(4,5)28(35)15-18-37(29,36)8/h9-12,22,25,28-30H,13-21H2,1-8H3,(H,43,46)/t25-,28+,29-,30+,35+,36-,37-,38-/m1/s1. The van der Waals surface area contributed by atoms with E-state index >= 15 is 0 Å². The van der Waals surface area contributed by atoms with E-state index in [4.69, 9.17) is 4.74 Å². The average Bonchev–Trinajstić information content (AvgIpc) is 3.28. The molecule has 1 aromatic carbocycles. The van der Waals surface area contributed by atoms with Crippen LogP contribution in [0.5, 0.6) is 0 Å². The molecule has 8 atom stereocenters.